The van der Waals surface area contributed by atoms with Crippen molar-refractivity contribution < 1.29 is 32.4 Å². The topological polar surface area (TPSA) is 123 Å². The molecule has 1 aliphatic heterocycles. The van der Waals surface area contributed by atoms with Gasteiger partial charge in [-0.2, -0.15) is 18.2 Å². The highest BCUT2D eigenvalue weighted by molar-refractivity contribution is 5.78. The molecule has 0 unspecified atom stereocenters. The van der Waals surface area contributed by atoms with Gasteiger partial charge in [0.05, 0.1) is 12.5 Å². The number of halogens is 3. The number of rotatable bonds is 12. The summed E-state index contributed by atoms with van der Waals surface area (Å²) < 4.78 is 37.2. The maximum absolute atomic E-state index is 11.7. The summed E-state index contributed by atoms with van der Waals surface area (Å²) in [6, 6.07) is 8.49. The number of carboxylic acid groups (broad SMARTS) is 1. The molecule has 1 saturated heterocycles. The monoisotopic (exact) mass is 526 g/mol. The van der Waals surface area contributed by atoms with Crippen molar-refractivity contribution in [2.45, 2.75) is 83.2 Å². The first-order valence-corrected chi connectivity index (χ1v) is 12.9. The summed E-state index contributed by atoms with van der Waals surface area (Å²) in [6.07, 6.45) is 7.63. The second-order valence-corrected chi connectivity index (χ2v) is 9.21. The van der Waals surface area contributed by atoms with Crippen LogP contribution in [0.15, 0.2) is 28.8 Å². The quantitative estimate of drug-likeness (QED) is 0.359. The van der Waals surface area contributed by atoms with E-state index in [1.54, 1.807) is 4.90 Å². The average molecular weight is 527 g/mol. The Labute approximate surface area is 215 Å². The van der Waals surface area contributed by atoms with E-state index in [0.29, 0.717) is 24.8 Å². The van der Waals surface area contributed by atoms with E-state index < -0.39 is 12.1 Å². The minimum absolute atomic E-state index is 0.0238. The molecule has 2 heterocycles. The third-order valence-corrected chi connectivity index (χ3v) is 6.28. The van der Waals surface area contributed by atoms with E-state index >= 15 is 0 Å². The van der Waals surface area contributed by atoms with Crippen LogP contribution in [-0.2, 0) is 16.0 Å². The zero-order valence-electron chi connectivity index (χ0n) is 21.3. The molecule has 1 amide bonds. The molecule has 2 aromatic rings. The van der Waals surface area contributed by atoms with E-state index in [9.17, 15) is 18.0 Å². The van der Waals surface area contributed by atoms with Crippen molar-refractivity contribution in [2.24, 2.45) is 5.73 Å². The first-order chi connectivity index (χ1) is 17.7. The summed E-state index contributed by atoms with van der Waals surface area (Å²) in [5.74, 6) is -1.45. The summed E-state index contributed by atoms with van der Waals surface area (Å²) in [6.45, 7) is 3.62. The second-order valence-electron chi connectivity index (χ2n) is 9.21. The highest BCUT2D eigenvalue weighted by Gasteiger charge is 2.38. The van der Waals surface area contributed by atoms with Gasteiger partial charge in [0.2, 0.25) is 17.6 Å². The number of hydrogen-bond acceptors (Lipinski definition) is 6. The fraction of sp³-hybridized carbons (Fsp3) is 0.615. The maximum Gasteiger partial charge on any atom is 0.490 e. The molecule has 1 aliphatic rings. The van der Waals surface area contributed by atoms with E-state index in [4.69, 9.17) is 20.2 Å². The number of unbranched alkanes of at least 4 members (excludes halogenated alkanes) is 7. The molecule has 0 radical (unpaired) electrons. The number of aryl methyl sites for hydroxylation is 1. The molecule has 1 aromatic carbocycles. The predicted octanol–water partition coefficient (Wildman–Crippen LogP) is 5.33. The van der Waals surface area contributed by atoms with Gasteiger partial charge in [-0.15, -0.1) is 0 Å². The number of nitrogens with zero attached hydrogens (tertiary/aromatic N) is 3. The molecular formula is C26H37F3N4O4. The number of nitrogens with two attached hydrogens (primary N) is 1. The van der Waals surface area contributed by atoms with Gasteiger partial charge < -0.3 is 20.3 Å². The molecule has 1 fully saturated rings. The van der Waals surface area contributed by atoms with Crippen LogP contribution in [0.25, 0.3) is 11.4 Å². The summed E-state index contributed by atoms with van der Waals surface area (Å²) in [5.41, 5.74) is 7.78. The smallest absolute Gasteiger partial charge is 0.475 e. The molecule has 206 valence electrons. The van der Waals surface area contributed by atoms with Crippen molar-refractivity contribution in [2.75, 3.05) is 19.6 Å². The van der Waals surface area contributed by atoms with Gasteiger partial charge in [0, 0.05) is 18.7 Å². The van der Waals surface area contributed by atoms with Gasteiger partial charge >= 0.3 is 12.1 Å². The number of likely N-dealkylation sites (tertiary alicyclic amines) is 1. The highest BCUT2D eigenvalue weighted by Crippen LogP contribution is 2.28. The van der Waals surface area contributed by atoms with Crippen molar-refractivity contribution in [3.63, 3.8) is 0 Å². The van der Waals surface area contributed by atoms with Crippen LogP contribution in [0.1, 0.15) is 82.1 Å². The lowest BCUT2D eigenvalue weighted by Gasteiger charge is -2.13. The number of carbonyl (C=O) groups excluding carboxylic acids is 1. The van der Waals surface area contributed by atoms with Crippen LogP contribution < -0.4 is 5.73 Å². The van der Waals surface area contributed by atoms with Crippen LogP contribution in [0, 0.1) is 0 Å². The van der Waals surface area contributed by atoms with E-state index in [1.165, 1.54) is 56.9 Å². The van der Waals surface area contributed by atoms with Crippen LogP contribution >= 0.6 is 0 Å². The first-order valence-electron chi connectivity index (χ1n) is 12.9. The Morgan fingerprint density at radius 3 is 2.24 bits per heavy atom. The number of carboxylic acids is 1. The third kappa shape index (κ3) is 10.5. The summed E-state index contributed by atoms with van der Waals surface area (Å²) in [7, 11) is 0. The van der Waals surface area contributed by atoms with E-state index in [1.807, 2.05) is 0 Å². The number of hydrogen-bond donors (Lipinski definition) is 2. The highest BCUT2D eigenvalue weighted by atomic mass is 19.4. The number of benzene rings is 1. The molecule has 1 atom stereocenters. The molecule has 0 bridgehead atoms. The minimum Gasteiger partial charge on any atom is -0.475 e. The van der Waals surface area contributed by atoms with Crippen LogP contribution in [0.3, 0.4) is 0 Å². The Kier molecular flexibility index (Phi) is 12.5. The third-order valence-electron chi connectivity index (χ3n) is 6.28. The Hall–Kier alpha value is -2.95. The molecule has 3 N–H and O–H groups in total. The average Bonchev–Trinajstić information content (AvgIpc) is 3.56. The Morgan fingerprint density at radius 1 is 1.08 bits per heavy atom. The van der Waals surface area contributed by atoms with Gasteiger partial charge in [-0.3, -0.25) is 4.79 Å². The van der Waals surface area contributed by atoms with Crippen molar-refractivity contribution in [3.8, 4) is 11.4 Å². The van der Waals surface area contributed by atoms with Gasteiger partial charge in [-0.05, 0) is 24.8 Å². The summed E-state index contributed by atoms with van der Waals surface area (Å²) in [5, 5.41) is 11.3. The fourth-order valence-electron chi connectivity index (χ4n) is 4.12. The lowest BCUT2D eigenvalue weighted by atomic mass is 10.0. The lowest BCUT2D eigenvalue weighted by molar-refractivity contribution is -0.192. The maximum atomic E-state index is 11.7. The van der Waals surface area contributed by atoms with Gasteiger partial charge in [0.25, 0.3) is 0 Å². The van der Waals surface area contributed by atoms with Crippen molar-refractivity contribution in [3.05, 3.63) is 35.7 Å². The van der Waals surface area contributed by atoms with Gasteiger partial charge in [-0.25, -0.2) is 4.79 Å². The number of alkyl halides is 3. The van der Waals surface area contributed by atoms with Crippen LogP contribution in [-0.4, -0.2) is 57.8 Å². The number of amides is 1. The number of aromatic nitrogens is 2. The van der Waals surface area contributed by atoms with Crippen LogP contribution in [0.5, 0.6) is 0 Å². The number of carbonyl (C=O) groups is 2. The van der Waals surface area contributed by atoms with Crippen molar-refractivity contribution in [1.29, 1.82) is 0 Å². The molecule has 0 spiro atoms. The molecule has 8 nitrogen and oxygen atoms in total. The van der Waals surface area contributed by atoms with Crippen LogP contribution in [0.4, 0.5) is 13.2 Å². The Bertz CT molecular complexity index is 963. The second kappa shape index (κ2) is 15.3. The molecule has 11 heteroatoms. The molecule has 0 aliphatic carbocycles. The summed E-state index contributed by atoms with van der Waals surface area (Å²) in [4.78, 5) is 27.0. The van der Waals surface area contributed by atoms with Crippen molar-refractivity contribution >= 4 is 11.9 Å². The molecule has 0 saturated carbocycles. The van der Waals surface area contributed by atoms with Gasteiger partial charge in [0.15, 0.2) is 0 Å². The molecule has 37 heavy (non-hydrogen) atoms. The Balaban J connectivity index is 0.000000604. The van der Waals surface area contributed by atoms with Gasteiger partial charge in [0.1, 0.15) is 0 Å². The molecule has 1 aromatic heterocycles. The molecule has 3 rings (SSSR count). The summed E-state index contributed by atoms with van der Waals surface area (Å²) >= 11 is 0. The normalized spacial score (nSPS) is 15.4. The van der Waals surface area contributed by atoms with E-state index in [0.717, 1.165) is 18.4 Å². The number of aliphatic carboxylic acids is 1. The SMILES string of the molecule is CCCCCCCCCCc1ccc(-c2noc([C@@H]3CCN(C(=O)CN)C3)n2)cc1.O=C(O)C(F)(F)F. The Morgan fingerprint density at radius 2 is 1.68 bits per heavy atom. The van der Waals surface area contributed by atoms with E-state index in [2.05, 4.69) is 41.3 Å². The van der Waals surface area contributed by atoms with Crippen molar-refractivity contribution in [1.82, 2.24) is 15.0 Å². The first kappa shape index (κ1) is 30.3. The lowest BCUT2D eigenvalue weighted by Crippen LogP contribution is -2.33. The minimum atomic E-state index is -5.08. The standard InChI is InChI=1S/C24H36N4O2.C2HF3O2/c1-2-3-4-5-6-7-8-9-10-19-11-13-20(14-12-19)23-26-24(30-27-23)21-15-16-28(18-21)22(29)17-25;3-2(4,5)1(6)7/h11-14,21H,2-10,15-18,25H2,1H3;(H,6,7)/t21-;/m1./s1. The largest absolute Gasteiger partial charge is 0.490 e. The van der Waals surface area contributed by atoms with Crippen LogP contribution in [0.2, 0.25) is 0 Å². The van der Waals surface area contributed by atoms with Gasteiger partial charge in [-0.1, -0.05) is 81.3 Å². The molecular weight excluding hydrogens is 489 g/mol. The van der Waals surface area contributed by atoms with E-state index in [-0.39, 0.29) is 18.4 Å². The predicted molar refractivity (Wildman–Crippen MR) is 133 cm³/mol. The fourth-order valence-corrected chi connectivity index (χ4v) is 4.12. The zero-order chi connectivity index (χ0) is 27.3. The zero-order valence-corrected chi connectivity index (χ0v) is 21.3.